The van der Waals surface area contributed by atoms with Crippen LogP contribution in [0.5, 0.6) is 5.75 Å². The number of Topliss-reactive ketones (excluding diaryl/α,β-unsaturated/α-hetero) is 1. The number of nitrogens with one attached hydrogen (secondary N) is 1. The van der Waals surface area contributed by atoms with Crippen molar-refractivity contribution in [1.29, 1.82) is 0 Å². The SMILES string of the molecule is COc1ccc(CCC(=O)Nc2ccccc2C(=O)OCC(=O)c2ccc(C(C)C)cc2)cc1. The third-order valence-corrected chi connectivity index (χ3v) is 5.45. The number of methoxy groups -OCH3 is 1. The van der Waals surface area contributed by atoms with Crippen molar-refractivity contribution in [3.63, 3.8) is 0 Å². The van der Waals surface area contributed by atoms with Gasteiger partial charge in [0.25, 0.3) is 0 Å². The maximum atomic E-state index is 12.6. The molecule has 1 amide bonds. The number of ether oxygens (including phenoxy) is 2. The largest absolute Gasteiger partial charge is 0.497 e. The number of amides is 1. The number of esters is 1. The quantitative estimate of drug-likeness (QED) is 0.323. The minimum atomic E-state index is -0.668. The van der Waals surface area contributed by atoms with E-state index in [2.05, 4.69) is 19.2 Å². The Morgan fingerprint density at radius 1 is 0.882 bits per heavy atom. The number of carbonyl (C=O) groups excluding carboxylic acids is 3. The molecule has 3 rings (SSSR count). The molecule has 0 unspecified atom stereocenters. The minimum absolute atomic E-state index is 0.197. The molecule has 0 radical (unpaired) electrons. The van der Waals surface area contributed by atoms with Crippen molar-refractivity contribution in [2.24, 2.45) is 0 Å². The summed E-state index contributed by atoms with van der Waals surface area (Å²) >= 11 is 0. The molecule has 0 aliphatic heterocycles. The molecule has 0 aromatic heterocycles. The van der Waals surface area contributed by atoms with Crippen molar-refractivity contribution in [2.75, 3.05) is 19.0 Å². The number of ketones is 1. The first-order valence-electron chi connectivity index (χ1n) is 11.2. The first-order valence-corrected chi connectivity index (χ1v) is 11.2. The molecule has 0 atom stereocenters. The zero-order chi connectivity index (χ0) is 24.5. The van der Waals surface area contributed by atoms with Crippen LogP contribution in [0, 0.1) is 0 Å². The van der Waals surface area contributed by atoms with Crippen LogP contribution < -0.4 is 10.1 Å². The Morgan fingerprint density at radius 3 is 2.21 bits per heavy atom. The predicted molar refractivity (Wildman–Crippen MR) is 132 cm³/mol. The number of hydrogen-bond acceptors (Lipinski definition) is 5. The van der Waals surface area contributed by atoms with Gasteiger partial charge in [0.1, 0.15) is 5.75 Å². The lowest BCUT2D eigenvalue weighted by Crippen LogP contribution is -2.18. The fraction of sp³-hybridized carbons (Fsp3) is 0.250. The number of aryl methyl sites for hydroxylation is 1. The van der Waals surface area contributed by atoms with E-state index in [1.54, 1.807) is 43.5 Å². The summed E-state index contributed by atoms with van der Waals surface area (Å²) in [6, 6.07) is 21.4. The molecule has 3 aromatic rings. The van der Waals surface area contributed by atoms with Crippen LogP contribution in [0.3, 0.4) is 0 Å². The Hall–Kier alpha value is -3.93. The van der Waals surface area contributed by atoms with Crippen molar-refractivity contribution in [1.82, 2.24) is 0 Å². The van der Waals surface area contributed by atoms with Gasteiger partial charge in [-0.1, -0.05) is 62.4 Å². The molecule has 176 valence electrons. The monoisotopic (exact) mass is 459 g/mol. The van der Waals surface area contributed by atoms with Gasteiger partial charge >= 0.3 is 5.97 Å². The second-order valence-corrected chi connectivity index (χ2v) is 8.22. The molecule has 0 fully saturated rings. The zero-order valence-corrected chi connectivity index (χ0v) is 19.7. The highest BCUT2D eigenvalue weighted by Crippen LogP contribution is 2.19. The van der Waals surface area contributed by atoms with E-state index in [-0.39, 0.29) is 30.3 Å². The van der Waals surface area contributed by atoms with E-state index in [1.165, 1.54) is 0 Å². The van der Waals surface area contributed by atoms with E-state index in [9.17, 15) is 14.4 Å². The standard InChI is InChI=1S/C28H29NO5/c1-19(2)21-11-13-22(14-12-21)26(30)18-34-28(32)24-6-4-5-7-25(24)29-27(31)17-10-20-8-15-23(33-3)16-9-20/h4-9,11-16,19H,10,17-18H2,1-3H3,(H,29,31). The van der Waals surface area contributed by atoms with E-state index in [4.69, 9.17) is 9.47 Å². The van der Waals surface area contributed by atoms with Crippen LogP contribution in [0.1, 0.15) is 58.0 Å². The first kappa shape index (κ1) is 24.7. The second-order valence-electron chi connectivity index (χ2n) is 8.22. The Kier molecular flexibility index (Phi) is 8.57. The average Bonchev–Trinajstić information content (AvgIpc) is 2.86. The molecule has 0 aliphatic rings. The Morgan fingerprint density at radius 2 is 1.56 bits per heavy atom. The molecular formula is C28H29NO5. The highest BCUT2D eigenvalue weighted by molar-refractivity contribution is 6.03. The lowest BCUT2D eigenvalue weighted by molar-refractivity contribution is -0.116. The van der Waals surface area contributed by atoms with E-state index in [0.29, 0.717) is 23.6 Å². The van der Waals surface area contributed by atoms with Gasteiger partial charge in [-0.2, -0.15) is 0 Å². The van der Waals surface area contributed by atoms with Gasteiger partial charge in [0.15, 0.2) is 12.4 Å². The second kappa shape index (κ2) is 11.8. The maximum absolute atomic E-state index is 12.6. The third-order valence-electron chi connectivity index (χ3n) is 5.45. The maximum Gasteiger partial charge on any atom is 0.340 e. The van der Waals surface area contributed by atoms with Crippen molar-refractivity contribution in [2.45, 2.75) is 32.6 Å². The molecule has 0 spiro atoms. The van der Waals surface area contributed by atoms with Gasteiger partial charge in [-0.15, -0.1) is 0 Å². The predicted octanol–water partition coefficient (Wildman–Crippen LogP) is 5.43. The van der Waals surface area contributed by atoms with Crippen molar-refractivity contribution in [3.8, 4) is 5.75 Å². The molecule has 6 nitrogen and oxygen atoms in total. The van der Waals surface area contributed by atoms with Crippen molar-refractivity contribution < 1.29 is 23.9 Å². The minimum Gasteiger partial charge on any atom is -0.497 e. The molecule has 6 heteroatoms. The third kappa shape index (κ3) is 6.78. The fourth-order valence-corrected chi connectivity index (χ4v) is 3.38. The summed E-state index contributed by atoms with van der Waals surface area (Å²) in [4.78, 5) is 37.5. The number of hydrogen-bond donors (Lipinski definition) is 1. The van der Waals surface area contributed by atoms with Crippen LogP contribution in [0.15, 0.2) is 72.8 Å². The molecule has 0 saturated heterocycles. The fourth-order valence-electron chi connectivity index (χ4n) is 3.38. The van der Waals surface area contributed by atoms with E-state index >= 15 is 0 Å². The lowest BCUT2D eigenvalue weighted by Gasteiger charge is -2.11. The summed E-state index contributed by atoms with van der Waals surface area (Å²) < 4.78 is 10.4. The van der Waals surface area contributed by atoms with Crippen LogP contribution in [0.4, 0.5) is 5.69 Å². The Labute approximate surface area is 199 Å². The molecule has 0 bridgehead atoms. The van der Waals surface area contributed by atoms with Crippen LogP contribution >= 0.6 is 0 Å². The van der Waals surface area contributed by atoms with Crippen LogP contribution in [0.2, 0.25) is 0 Å². The summed E-state index contributed by atoms with van der Waals surface area (Å²) in [5, 5.41) is 2.77. The summed E-state index contributed by atoms with van der Waals surface area (Å²) in [5.74, 6) is -0.0585. The van der Waals surface area contributed by atoms with Crippen molar-refractivity contribution in [3.05, 3.63) is 95.1 Å². The van der Waals surface area contributed by atoms with Gasteiger partial charge in [-0.25, -0.2) is 4.79 Å². The molecule has 34 heavy (non-hydrogen) atoms. The zero-order valence-electron chi connectivity index (χ0n) is 19.7. The van der Waals surface area contributed by atoms with Gasteiger partial charge < -0.3 is 14.8 Å². The van der Waals surface area contributed by atoms with Gasteiger partial charge in [-0.05, 0) is 47.7 Å². The number of anilines is 1. The van der Waals surface area contributed by atoms with Crippen molar-refractivity contribution >= 4 is 23.3 Å². The first-order chi connectivity index (χ1) is 16.4. The van der Waals surface area contributed by atoms with Gasteiger partial charge in [0.2, 0.25) is 5.91 Å². The molecule has 3 aromatic carbocycles. The average molecular weight is 460 g/mol. The van der Waals surface area contributed by atoms with Gasteiger partial charge in [0.05, 0.1) is 18.4 Å². The highest BCUT2D eigenvalue weighted by atomic mass is 16.5. The molecule has 0 heterocycles. The number of benzene rings is 3. The van der Waals surface area contributed by atoms with Gasteiger partial charge in [0, 0.05) is 12.0 Å². The molecule has 0 aliphatic carbocycles. The smallest absolute Gasteiger partial charge is 0.340 e. The molecule has 0 saturated carbocycles. The number of rotatable bonds is 10. The summed E-state index contributed by atoms with van der Waals surface area (Å²) in [6.07, 6.45) is 0.799. The van der Waals surface area contributed by atoms with E-state index in [0.717, 1.165) is 16.9 Å². The Balaban J connectivity index is 1.56. The van der Waals surface area contributed by atoms with Crippen LogP contribution in [0.25, 0.3) is 0 Å². The topological polar surface area (TPSA) is 81.7 Å². The Bertz CT molecular complexity index is 1130. The van der Waals surface area contributed by atoms with Crippen LogP contribution in [-0.4, -0.2) is 31.4 Å². The summed E-state index contributed by atoms with van der Waals surface area (Å²) in [7, 11) is 1.60. The van der Waals surface area contributed by atoms with Gasteiger partial charge in [-0.3, -0.25) is 9.59 Å². The highest BCUT2D eigenvalue weighted by Gasteiger charge is 2.17. The van der Waals surface area contributed by atoms with E-state index < -0.39 is 5.97 Å². The number of para-hydroxylation sites is 1. The van der Waals surface area contributed by atoms with E-state index in [1.807, 2.05) is 36.4 Å². The summed E-state index contributed by atoms with van der Waals surface area (Å²) in [5.41, 5.74) is 3.16. The van der Waals surface area contributed by atoms with Crippen LogP contribution in [-0.2, 0) is 16.0 Å². The molecular weight excluding hydrogens is 430 g/mol. The number of carbonyl (C=O) groups is 3. The summed E-state index contributed by atoms with van der Waals surface area (Å²) in [6.45, 7) is 3.78. The molecule has 1 N–H and O–H groups in total. The lowest BCUT2D eigenvalue weighted by atomic mass is 10.0. The normalized spacial score (nSPS) is 10.6.